The molecule has 0 aromatic heterocycles. The number of amides is 3. The van der Waals surface area contributed by atoms with Crippen molar-refractivity contribution in [3.8, 4) is 0 Å². The molecule has 6 heteroatoms. The number of fused-ring (bicyclic) bond motifs is 5. The van der Waals surface area contributed by atoms with Crippen LogP contribution in [0.3, 0.4) is 0 Å². The van der Waals surface area contributed by atoms with Crippen LogP contribution < -0.4 is 10.2 Å². The highest BCUT2D eigenvalue weighted by atomic mass is 16.5. The second kappa shape index (κ2) is 6.44. The summed E-state index contributed by atoms with van der Waals surface area (Å²) in [6, 6.07) is 6.85. The monoisotopic (exact) mass is 368 g/mol. The summed E-state index contributed by atoms with van der Waals surface area (Å²) >= 11 is 0. The molecule has 0 spiro atoms. The van der Waals surface area contributed by atoms with Crippen molar-refractivity contribution in [3.63, 3.8) is 0 Å². The fourth-order valence-electron chi connectivity index (χ4n) is 5.56. The third-order valence-corrected chi connectivity index (χ3v) is 6.81. The fourth-order valence-corrected chi connectivity index (χ4v) is 5.56. The summed E-state index contributed by atoms with van der Waals surface area (Å²) in [6.45, 7) is 1.23. The van der Waals surface area contributed by atoms with E-state index in [1.54, 1.807) is 24.3 Å². The Hall–Kier alpha value is -2.21. The molecule has 5 rings (SSSR count). The van der Waals surface area contributed by atoms with Crippen molar-refractivity contribution in [1.82, 2.24) is 5.32 Å². The van der Waals surface area contributed by atoms with E-state index in [1.165, 1.54) is 4.90 Å². The van der Waals surface area contributed by atoms with E-state index in [4.69, 9.17) is 4.74 Å². The van der Waals surface area contributed by atoms with Gasteiger partial charge in [-0.05, 0) is 62.1 Å². The van der Waals surface area contributed by atoms with E-state index in [9.17, 15) is 14.4 Å². The lowest BCUT2D eigenvalue weighted by Gasteiger charge is -2.19. The van der Waals surface area contributed by atoms with E-state index in [0.29, 0.717) is 29.6 Å². The van der Waals surface area contributed by atoms with Gasteiger partial charge in [0.1, 0.15) is 0 Å². The number of hydrogen-bond donors (Lipinski definition) is 1. The van der Waals surface area contributed by atoms with E-state index in [2.05, 4.69) is 5.32 Å². The normalized spacial score (nSPS) is 34.4. The van der Waals surface area contributed by atoms with Crippen LogP contribution in [0.5, 0.6) is 0 Å². The predicted octanol–water partition coefficient (Wildman–Crippen LogP) is 2.13. The third kappa shape index (κ3) is 2.69. The SMILES string of the molecule is O=C(NC[C@@H]1CCCO1)c1cccc(N2C(=O)[C@@H]3[C@H]4CC[C@H](C4)[C@@H]3C2=O)c1. The van der Waals surface area contributed by atoms with Crippen LogP contribution in [0.2, 0.25) is 0 Å². The van der Waals surface area contributed by atoms with Gasteiger partial charge >= 0.3 is 0 Å². The van der Waals surface area contributed by atoms with Crippen LogP contribution in [-0.2, 0) is 14.3 Å². The zero-order valence-electron chi connectivity index (χ0n) is 15.2. The Kier molecular flexibility index (Phi) is 4.04. The van der Waals surface area contributed by atoms with Gasteiger partial charge in [0, 0.05) is 18.7 Å². The number of hydrogen-bond acceptors (Lipinski definition) is 4. The molecule has 4 aliphatic rings. The Morgan fingerprint density at radius 3 is 2.52 bits per heavy atom. The lowest BCUT2D eigenvalue weighted by Crippen LogP contribution is -2.34. The Morgan fingerprint density at radius 1 is 1.11 bits per heavy atom. The minimum atomic E-state index is -0.202. The second-order valence-electron chi connectivity index (χ2n) is 8.29. The van der Waals surface area contributed by atoms with Gasteiger partial charge in [0.25, 0.3) is 5.91 Å². The average Bonchev–Trinajstić information content (AvgIpc) is 3.45. The van der Waals surface area contributed by atoms with Gasteiger partial charge in [-0.3, -0.25) is 19.3 Å². The molecule has 1 aromatic carbocycles. The summed E-state index contributed by atoms with van der Waals surface area (Å²) in [4.78, 5) is 39.7. The summed E-state index contributed by atoms with van der Waals surface area (Å²) in [6.07, 6.45) is 5.21. The molecule has 0 radical (unpaired) electrons. The molecular weight excluding hydrogens is 344 g/mol. The first kappa shape index (κ1) is 16.9. The van der Waals surface area contributed by atoms with E-state index < -0.39 is 0 Å². The first-order valence-electron chi connectivity index (χ1n) is 10.0. The maximum Gasteiger partial charge on any atom is 0.251 e. The van der Waals surface area contributed by atoms with Crippen molar-refractivity contribution >= 4 is 23.4 Å². The van der Waals surface area contributed by atoms with Crippen LogP contribution in [0.4, 0.5) is 5.69 Å². The molecule has 2 aliphatic heterocycles. The Labute approximate surface area is 158 Å². The minimum absolute atomic E-state index is 0.0749. The second-order valence-corrected chi connectivity index (χ2v) is 8.29. The molecule has 142 valence electrons. The van der Waals surface area contributed by atoms with Gasteiger partial charge in [-0.15, -0.1) is 0 Å². The minimum Gasteiger partial charge on any atom is -0.376 e. The van der Waals surface area contributed by atoms with Gasteiger partial charge < -0.3 is 10.1 Å². The van der Waals surface area contributed by atoms with Crippen molar-refractivity contribution in [2.75, 3.05) is 18.1 Å². The highest BCUT2D eigenvalue weighted by molar-refractivity contribution is 6.22. The number of nitrogens with one attached hydrogen (secondary N) is 1. The maximum absolute atomic E-state index is 13.0. The number of carbonyl (C=O) groups excluding carboxylic acids is 3. The van der Waals surface area contributed by atoms with Gasteiger partial charge in [0.2, 0.25) is 11.8 Å². The smallest absolute Gasteiger partial charge is 0.251 e. The zero-order valence-corrected chi connectivity index (χ0v) is 15.2. The van der Waals surface area contributed by atoms with Gasteiger partial charge in [-0.25, -0.2) is 0 Å². The average molecular weight is 368 g/mol. The van der Waals surface area contributed by atoms with Crippen molar-refractivity contribution in [1.29, 1.82) is 0 Å². The Balaban J connectivity index is 1.34. The molecule has 3 amide bonds. The van der Waals surface area contributed by atoms with E-state index in [1.807, 2.05) is 0 Å². The lowest BCUT2D eigenvalue weighted by molar-refractivity contribution is -0.123. The van der Waals surface area contributed by atoms with Crippen LogP contribution >= 0.6 is 0 Å². The molecule has 4 fully saturated rings. The molecule has 2 saturated heterocycles. The largest absolute Gasteiger partial charge is 0.376 e. The van der Waals surface area contributed by atoms with Crippen LogP contribution in [-0.4, -0.2) is 37.0 Å². The summed E-state index contributed by atoms with van der Waals surface area (Å²) < 4.78 is 5.53. The van der Waals surface area contributed by atoms with E-state index in [-0.39, 0.29) is 35.7 Å². The fraction of sp³-hybridized carbons (Fsp3) is 0.571. The molecular formula is C21H24N2O4. The Morgan fingerprint density at radius 2 is 1.85 bits per heavy atom. The number of rotatable bonds is 4. The number of imide groups is 1. The number of ether oxygens (including phenoxy) is 1. The third-order valence-electron chi connectivity index (χ3n) is 6.81. The number of anilines is 1. The van der Waals surface area contributed by atoms with Gasteiger partial charge in [-0.1, -0.05) is 6.07 Å². The molecule has 2 aliphatic carbocycles. The first-order chi connectivity index (χ1) is 13.1. The molecule has 2 bridgehead atoms. The lowest BCUT2D eigenvalue weighted by atomic mass is 9.81. The van der Waals surface area contributed by atoms with Crippen molar-refractivity contribution in [3.05, 3.63) is 29.8 Å². The number of benzene rings is 1. The summed E-state index contributed by atoms with van der Waals surface area (Å²) in [5.41, 5.74) is 0.981. The standard InChI is InChI=1S/C21H24N2O4/c24-19(22-11-16-5-2-8-27-16)14-3-1-4-15(10-14)23-20(25)17-12-6-7-13(9-12)18(17)21(23)26/h1,3-4,10,12-13,16-18H,2,5-9,11H2,(H,22,24)/t12-,13+,16-,17+,18-/m0/s1. The van der Waals surface area contributed by atoms with E-state index in [0.717, 1.165) is 38.7 Å². The predicted molar refractivity (Wildman–Crippen MR) is 98.1 cm³/mol. The topological polar surface area (TPSA) is 75.7 Å². The van der Waals surface area contributed by atoms with Crippen LogP contribution in [0, 0.1) is 23.7 Å². The van der Waals surface area contributed by atoms with Gasteiger partial charge in [0.15, 0.2) is 0 Å². The molecule has 6 nitrogen and oxygen atoms in total. The number of nitrogens with zero attached hydrogens (tertiary/aromatic N) is 1. The molecule has 1 aromatic rings. The first-order valence-corrected chi connectivity index (χ1v) is 10.0. The van der Waals surface area contributed by atoms with Crippen molar-refractivity contribution in [2.45, 2.75) is 38.2 Å². The molecule has 2 heterocycles. The number of carbonyl (C=O) groups is 3. The highest BCUT2D eigenvalue weighted by Crippen LogP contribution is 2.56. The molecule has 0 unspecified atom stereocenters. The van der Waals surface area contributed by atoms with Gasteiger partial charge in [-0.2, -0.15) is 0 Å². The summed E-state index contributed by atoms with van der Waals surface area (Å²) in [5, 5.41) is 2.89. The Bertz CT molecular complexity index is 773. The highest BCUT2D eigenvalue weighted by Gasteiger charge is 2.61. The summed E-state index contributed by atoms with van der Waals surface area (Å²) in [5.74, 6) is 0.0788. The molecule has 2 saturated carbocycles. The van der Waals surface area contributed by atoms with Crippen LogP contribution in [0.15, 0.2) is 24.3 Å². The summed E-state index contributed by atoms with van der Waals surface area (Å²) in [7, 11) is 0. The van der Waals surface area contributed by atoms with Gasteiger partial charge in [0.05, 0.1) is 23.6 Å². The van der Waals surface area contributed by atoms with Crippen molar-refractivity contribution in [2.24, 2.45) is 23.7 Å². The quantitative estimate of drug-likeness (QED) is 0.826. The van der Waals surface area contributed by atoms with Crippen molar-refractivity contribution < 1.29 is 19.1 Å². The molecule has 1 N–H and O–H groups in total. The van der Waals surface area contributed by atoms with E-state index >= 15 is 0 Å². The van der Waals surface area contributed by atoms with Crippen LogP contribution in [0.1, 0.15) is 42.5 Å². The van der Waals surface area contributed by atoms with Crippen LogP contribution in [0.25, 0.3) is 0 Å². The molecule has 27 heavy (non-hydrogen) atoms. The molecule has 5 atom stereocenters. The maximum atomic E-state index is 13.0. The zero-order chi connectivity index (χ0) is 18.5.